The summed E-state index contributed by atoms with van der Waals surface area (Å²) in [4.78, 5) is 18.6. The van der Waals surface area contributed by atoms with E-state index in [2.05, 4.69) is 15.4 Å². The molecule has 6 nitrogen and oxygen atoms in total. The first-order chi connectivity index (χ1) is 10.7. The maximum absolute atomic E-state index is 12.3. The molecular weight excluding hydrogens is 298 g/mol. The number of thiophene rings is 1. The number of hydrogen-bond donors (Lipinski definition) is 1. The third kappa shape index (κ3) is 2.23. The average Bonchev–Trinajstić information content (AvgIpc) is 3.15. The van der Waals surface area contributed by atoms with Crippen molar-refractivity contribution in [3.8, 4) is 0 Å². The minimum Gasteiger partial charge on any atom is -0.320 e. The van der Waals surface area contributed by atoms with Gasteiger partial charge in [0.25, 0.3) is 0 Å². The maximum Gasteiger partial charge on any atom is 0.322 e. The predicted molar refractivity (Wildman–Crippen MR) is 85.2 cm³/mol. The summed E-state index contributed by atoms with van der Waals surface area (Å²) in [6, 6.07) is 5.73. The summed E-state index contributed by atoms with van der Waals surface area (Å²) in [6.45, 7) is 3.21. The van der Waals surface area contributed by atoms with Crippen LogP contribution < -0.4 is 5.32 Å². The summed E-state index contributed by atoms with van der Waals surface area (Å²) in [6.07, 6.45) is 2.64. The molecule has 4 heterocycles. The lowest BCUT2D eigenvalue weighted by Gasteiger charge is -2.28. The lowest BCUT2D eigenvalue weighted by Crippen LogP contribution is -2.39. The van der Waals surface area contributed by atoms with Crippen LogP contribution in [0.5, 0.6) is 0 Å². The van der Waals surface area contributed by atoms with Crippen LogP contribution in [-0.2, 0) is 13.0 Å². The van der Waals surface area contributed by atoms with E-state index in [4.69, 9.17) is 0 Å². The average molecular weight is 313 g/mol. The Bertz CT molecular complexity index is 839. The summed E-state index contributed by atoms with van der Waals surface area (Å²) < 4.78 is 1.90. The molecule has 1 N–H and O–H groups in total. The van der Waals surface area contributed by atoms with Gasteiger partial charge < -0.3 is 4.90 Å². The minimum atomic E-state index is -0.0650. The second-order valence-electron chi connectivity index (χ2n) is 5.36. The van der Waals surface area contributed by atoms with Crippen LogP contribution in [0.15, 0.2) is 29.8 Å². The van der Waals surface area contributed by atoms with Crippen molar-refractivity contribution in [3.63, 3.8) is 0 Å². The normalized spacial score (nSPS) is 14.1. The monoisotopic (exact) mass is 313 g/mol. The van der Waals surface area contributed by atoms with E-state index in [-0.39, 0.29) is 6.03 Å². The molecule has 3 aromatic rings. The van der Waals surface area contributed by atoms with Crippen molar-refractivity contribution < 1.29 is 4.79 Å². The van der Waals surface area contributed by atoms with Gasteiger partial charge in [-0.05, 0) is 24.4 Å². The van der Waals surface area contributed by atoms with Crippen LogP contribution in [0.2, 0.25) is 0 Å². The molecule has 2 amide bonds. The van der Waals surface area contributed by atoms with E-state index in [1.807, 2.05) is 46.1 Å². The molecule has 1 aliphatic heterocycles. The van der Waals surface area contributed by atoms with E-state index in [0.717, 1.165) is 34.0 Å². The molecule has 0 radical (unpaired) electrons. The number of nitrogens with one attached hydrogen (secondary N) is 1. The van der Waals surface area contributed by atoms with Gasteiger partial charge in [-0.2, -0.15) is 5.10 Å². The molecule has 0 atom stereocenters. The fourth-order valence-electron chi connectivity index (χ4n) is 2.76. The van der Waals surface area contributed by atoms with Crippen molar-refractivity contribution in [3.05, 3.63) is 46.7 Å². The molecule has 112 valence electrons. The van der Waals surface area contributed by atoms with E-state index in [9.17, 15) is 4.79 Å². The van der Waals surface area contributed by atoms with Crippen molar-refractivity contribution in [2.45, 2.75) is 19.9 Å². The Morgan fingerprint density at radius 3 is 3.18 bits per heavy atom. The Morgan fingerprint density at radius 2 is 2.36 bits per heavy atom. The summed E-state index contributed by atoms with van der Waals surface area (Å²) in [5, 5.41) is 10.2. The number of rotatable bonds is 1. The molecule has 3 aromatic heterocycles. The first kappa shape index (κ1) is 13.3. The topological polar surface area (TPSA) is 62.5 Å². The first-order valence-electron chi connectivity index (χ1n) is 7.13. The van der Waals surface area contributed by atoms with Gasteiger partial charge in [-0.15, -0.1) is 11.3 Å². The second kappa shape index (κ2) is 5.10. The number of urea groups is 1. The molecule has 0 aromatic carbocycles. The SMILES string of the molecule is Cc1cc2ncc3c(n2n1)CCN(C(=O)Nc1cccs1)C3. The molecule has 22 heavy (non-hydrogen) atoms. The number of carbonyl (C=O) groups is 1. The minimum absolute atomic E-state index is 0.0650. The van der Waals surface area contributed by atoms with Crippen molar-refractivity contribution >= 4 is 28.0 Å². The van der Waals surface area contributed by atoms with E-state index in [1.165, 1.54) is 11.3 Å². The molecular formula is C15H15N5OS. The van der Waals surface area contributed by atoms with E-state index in [0.29, 0.717) is 13.1 Å². The molecule has 1 aliphatic rings. The third-order valence-electron chi connectivity index (χ3n) is 3.81. The highest BCUT2D eigenvalue weighted by Crippen LogP contribution is 2.21. The number of amides is 2. The molecule has 0 bridgehead atoms. The fourth-order valence-corrected chi connectivity index (χ4v) is 3.37. The Balaban J connectivity index is 1.59. The lowest BCUT2D eigenvalue weighted by molar-refractivity contribution is 0.205. The molecule has 0 unspecified atom stereocenters. The van der Waals surface area contributed by atoms with Crippen molar-refractivity contribution in [1.29, 1.82) is 0 Å². The Labute approximate surface area is 131 Å². The smallest absolute Gasteiger partial charge is 0.320 e. The van der Waals surface area contributed by atoms with Crippen molar-refractivity contribution in [2.24, 2.45) is 0 Å². The largest absolute Gasteiger partial charge is 0.322 e. The Hall–Kier alpha value is -2.41. The molecule has 0 aliphatic carbocycles. The summed E-state index contributed by atoms with van der Waals surface area (Å²) in [5.74, 6) is 0. The zero-order valence-corrected chi connectivity index (χ0v) is 12.9. The molecule has 4 rings (SSSR count). The van der Waals surface area contributed by atoms with Crippen LogP contribution in [-0.4, -0.2) is 32.1 Å². The van der Waals surface area contributed by atoms with Gasteiger partial charge in [0.15, 0.2) is 5.65 Å². The molecule has 0 saturated carbocycles. The third-order valence-corrected chi connectivity index (χ3v) is 4.60. The van der Waals surface area contributed by atoms with Crippen LogP contribution in [0.1, 0.15) is 17.0 Å². The van der Waals surface area contributed by atoms with Crippen molar-refractivity contribution in [1.82, 2.24) is 19.5 Å². The van der Waals surface area contributed by atoms with Gasteiger partial charge in [-0.3, -0.25) is 5.32 Å². The van der Waals surface area contributed by atoms with Gasteiger partial charge in [0, 0.05) is 30.8 Å². The van der Waals surface area contributed by atoms with Gasteiger partial charge in [0.1, 0.15) is 0 Å². The van der Waals surface area contributed by atoms with Gasteiger partial charge in [0.05, 0.1) is 22.9 Å². The van der Waals surface area contributed by atoms with Gasteiger partial charge in [-0.1, -0.05) is 0 Å². The van der Waals surface area contributed by atoms with E-state index < -0.39 is 0 Å². The van der Waals surface area contributed by atoms with E-state index in [1.54, 1.807) is 0 Å². The number of nitrogens with zero attached hydrogens (tertiary/aromatic N) is 4. The van der Waals surface area contributed by atoms with Gasteiger partial charge >= 0.3 is 6.03 Å². The molecule has 0 fully saturated rings. The highest BCUT2D eigenvalue weighted by atomic mass is 32.1. The fraction of sp³-hybridized carbons (Fsp3) is 0.267. The lowest BCUT2D eigenvalue weighted by atomic mass is 10.1. The summed E-state index contributed by atoms with van der Waals surface area (Å²) in [5.41, 5.74) is 4.04. The maximum atomic E-state index is 12.3. The van der Waals surface area contributed by atoms with E-state index >= 15 is 0 Å². The number of aryl methyl sites for hydroxylation is 1. The van der Waals surface area contributed by atoms with Crippen LogP contribution in [0.3, 0.4) is 0 Å². The van der Waals surface area contributed by atoms with Gasteiger partial charge in [-0.25, -0.2) is 14.3 Å². The number of carbonyl (C=O) groups excluding carboxylic acids is 1. The van der Waals surface area contributed by atoms with Gasteiger partial charge in [0.2, 0.25) is 0 Å². The quantitative estimate of drug-likeness (QED) is 0.751. The van der Waals surface area contributed by atoms with Crippen molar-refractivity contribution in [2.75, 3.05) is 11.9 Å². The van der Waals surface area contributed by atoms with Crippen LogP contribution >= 0.6 is 11.3 Å². The Morgan fingerprint density at radius 1 is 1.45 bits per heavy atom. The molecule has 7 heteroatoms. The number of hydrogen-bond acceptors (Lipinski definition) is 4. The Kier molecular flexibility index (Phi) is 3.07. The summed E-state index contributed by atoms with van der Waals surface area (Å²) in [7, 11) is 0. The zero-order valence-electron chi connectivity index (χ0n) is 12.1. The zero-order chi connectivity index (χ0) is 15.1. The predicted octanol–water partition coefficient (Wildman–Crippen LogP) is 2.69. The molecule has 0 saturated heterocycles. The standard InChI is InChI=1S/C15H15N5OS/c1-10-7-13-16-8-11-9-19(5-4-12(11)20(13)18-10)15(21)17-14-3-2-6-22-14/h2-3,6-8H,4-5,9H2,1H3,(H,17,21). The first-order valence-corrected chi connectivity index (χ1v) is 8.01. The number of anilines is 1. The van der Waals surface area contributed by atoms with Crippen LogP contribution in [0.25, 0.3) is 5.65 Å². The number of aromatic nitrogens is 3. The summed E-state index contributed by atoms with van der Waals surface area (Å²) >= 11 is 1.52. The second-order valence-corrected chi connectivity index (χ2v) is 6.31. The highest BCUT2D eigenvalue weighted by Gasteiger charge is 2.23. The van der Waals surface area contributed by atoms with Crippen LogP contribution in [0, 0.1) is 6.92 Å². The number of fused-ring (bicyclic) bond motifs is 3. The van der Waals surface area contributed by atoms with Crippen LogP contribution in [0.4, 0.5) is 9.80 Å². The highest BCUT2D eigenvalue weighted by molar-refractivity contribution is 7.14. The molecule has 0 spiro atoms.